The fraction of sp³-hybridized carbons (Fsp3) is 0.357. The number of thioether (sulfide) groups is 1. The van der Waals surface area contributed by atoms with E-state index in [1.54, 1.807) is 24.4 Å². The molecule has 1 fully saturated rings. The van der Waals surface area contributed by atoms with Crippen LogP contribution < -0.4 is 10.9 Å². The Morgan fingerprint density at radius 2 is 1.78 bits per heavy atom. The minimum atomic E-state index is -0.338. The number of anilines is 1. The van der Waals surface area contributed by atoms with Crippen LogP contribution in [-0.2, 0) is 11.3 Å². The van der Waals surface area contributed by atoms with Crippen molar-refractivity contribution in [3.8, 4) is 0 Å². The van der Waals surface area contributed by atoms with Gasteiger partial charge in [0.1, 0.15) is 21.6 Å². The molecule has 37 heavy (non-hydrogen) atoms. The zero-order valence-corrected chi connectivity index (χ0v) is 22.8. The van der Waals surface area contributed by atoms with Gasteiger partial charge in [0.05, 0.1) is 17.0 Å². The second kappa shape index (κ2) is 12.5. The minimum absolute atomic E-state index is 0.236. The maximum absolute atomic E-state index is 13.5. The van der Waals surface area contributed by atoms with Crippen molar-refractivity contribution in [2.24, 2.45) is 0 Å². The van der Waals surface area contributed by atoms with Crippen LogP contribution in [0, 0.1) is 12.7 Å². The van der Waals surface area contributed by atoms with Crippen LogP contribution in [0.15, 0.2) is 52.3 Å². The van der Waals surface area contributed by atoms with E-state index in [1.807, 2.05) is 19.1 Å². The summed E-state index contributed by atoms with van der Waals surface area (Å²) in [6, 6.07) is 9.70. The number of unbranched alkanes of at least 4 members (excludes halogenated alkanes) is 5. The number of fused-ring (bicyclic) bond motifs is 1. The van der Waals surface area contributed by atoms with E-state index in [9.17, 15) is 14.0 Å². The first-order valence-electron chi connectivity index (χ1n) is 12.6. The summed E-state index contributed by atoms with van der Waals surface area (Å²) in [7, 11) is 0. The van der Waals surface area contributed by atoms with Crippen LogP contribution in [-0.4, -0.2) is 31.1 Å². The van der Waals surface area contributed by atoms with Crippen LogP contribution in [0.5, 0.6) is 0 Å². The molecule has 0 atom stereocenters. The summed E-state index contributed by atoms with van der Waals surface area (Å²) < 4.78 is 15.2. The summed E-state index contributed by atoms with van der Waals surface area (Å²) in [5.74, 6) is -0.157. The fourth-order valence-electron chi connectivity index (χ4n) is 4.18. The molecule has 3 heterocycles. The molecular weight excluding hydrogens is 507 g/mol. The summed E-state index contributed by atoms with van der Waals surface area (Å²) >= 11 is 6.62. The number of benzene rings is 1. The van der Waals surface area contributed by atoms with Crippen LogP contribution in [0.25, 0.3) is 11.7 Å². The minimum Gasteiger partial charge on any atom is -0.369 e. The molecule has 194 valence electrons. The number of amides is 1. The molecule has 1 aromatic carbocycles. The van der Waals surface area contributed by atoms with Crippen molar-refractivity contribution in [2.75, 3.05) is 11.9 Å². The van der Waals surface area contributed by atoms with Crippen molar-refractivity contribution >= 4 is 51.7 Å². The van der Waals surface area contributed by atoms with Crippen LogP contribution in [0.2, 0.25) is 0 Å². The third-order valence-electron chi connectivity index (χ3n) is 6.23. The molecule has 2 aromatic heterocycles. The molecular formula is C28H31FN4O2S2. The number of aromatic nitrogens is 2. The van der Waals surface area contributed by atoms with E-state index < -0.39 is 0 Å². The molecule has 1 aliphatic rings. The van der Waals surface area contributed by atoms with Gasteiger partial charge in [-0.3, -0.25) is 18.9 Å². The highest BCUT2D eigenvalue weighted by Crippen LogP contribution is 2.34. The van der Waals surface area contributed by atoms with Gasteiger partial charge in [0, 0.05) is 12.7 Å². The first kappa shape index (κ1) is 27.0. The highest BCUT2D eigenvalue weighted by molar-refractivity contribution is 8.26. The molecule has 0 spiro atoms. The summed E-state index contributed by atoms with van der Waals surface area (Å²) in [6.45, 7) is 5.04. The van der Waals surface area contributed by atoms with E-state index >= 15 is 0 Å². The molecule has 1 amide bonds. The normalized spacial score (nSPS) is 14.8. The summed E-state index contributed by atoms with van der Waals surface area (Å²) in [5.41, 5.74) is 2.32. The summed E-state index contributed by atoms with van der Waals surface area (Å²) in [5, 5.41) is 3.34. The number of rotatable bonds is 11. The molecule has 0 bridgehead atoms. The number of hydrogen-bond donors (Lipinski definition) is 1. The third kappa shape index (κ3) is 6.64. The Hall–Kier alpha value is -3.04. The van der Waals surface area contributed by atoms with Crippen molar-refractivity contribution < 1.29 is 9.18 Å². The molecule has 1 saturated heterocycles. The van der Waals surface area contributed by atoms with Gasteiger partial charge >= 0.3 is 0 Å². The lowest BCUT2D eigenvalue weighted by Crippen LogP contribution is -2.27. The van der Waals surface area contributed by atoms with Gasteiger partial charge in [0.15, 0.2) is 0 Å². The number of carbonyl (C=O) groups is 1. The monoisotopic (exact) mass is 538 g/mol. The topological polar surface area (TPSA) is 66.7 Å². The lowest BCUT2D eigenvalue weighted by atomic mass is 10.1. The zero-order chi connectivity index (χ0) is 26.4. The average Bonchev–Trinajstić information content (AvgIpc) is 3.14. The molecule has 6 nitrogen and oxygen atoms in total. The molecule has 0 unspecified atom stereocenters. The van der Waals surface area contributed by atoms with Crippen molar-refractivity contribution in [3.05, 3.63) is 80.4 Å². The first-order chi connectivity index (χ1) is 17.9. The number of aryl methyl sites for hydroxylation is 1. The van der Waals surface area contributed by atoms with Gasteiger partial charge in [0.25, 0.3) is 11.5 Å². The second-order valence-electron chi connectivity index (χ2n) is 9.20. The average molecular weight is 539 g/mol. The number of carbonyl (C=O) groups excluding carboxylic acids is 1. The van der Waals surface area contributed by atoms with Gasteiger partial charge in [-0.15, -0.1) is 0 Å². The number of nitrogens with zero attached hydrogens (tertiary/aromatic N) is 3. The van der Waals surface area contributed by atoms with Gasteiger partial charge in [0.2, 0.25) is 0 Å². The van der Waals surface area contributed by atoms with E-state index in [2.05, 4.69) is 12.2 Å². The quantitative estimate of drug-likeness (QED) is 0.175. The van der Waals surface area contributed by atoms with Gasteiger partial charge < -0.3 is 5.32 Å². The maximum atomic E-state index is 13.5. The summed E-state index contributed by atoms with van der Waals surface area (Å²) in [4.78, 5) is 33.3. The Morgan fingerprint density at radius 3 is 2.54 bits per heavy atom. The van der Waals surface area contributed by atoms with Gasteiger partial charge in [-0.1, -0.05) is 81.2 Å². The second-order valence-corrected chi connectivity index (χ2v) is 10.9. The van der Waals surface area contributed by atoms with Gasteiger partial charge in [-0.2, -0.15) is 0 Å². The molecule has 4 rings (SSSR count). The lowest BCUT2D eigenvalue weighted by Gasteiger charge is -2.14. The van der Waals surface area contributed by atoms with E-state index in [-0.39, 0.29) is 23.8 Å². The number of pyridine rings is 1. The highest BCUT2D eigenvalue weighted by atomic mass is 32.2. The Bertz CT molecular complexity index is 1390. The largest absolute Gasteiger partial charge is 0.369 e. The molecule has 1 N–H and O–H groups in total. The Labute approximate surface area is 226 Å². The maximum Gasteiger partial charge on any atom is 0.267 e. The molecule has 0 aliphatic carbocycles. The predicted molar refractivity (Wildman–Crippen MR) is 153 cm³/mol. The molecule has 3 aromatic rings. The van der Waals surface area contributed by atoms with Crippen LogP contribution >= 0.6 is 24.0 Å². The number of thiocarbonyl (C=S) groups is 1. The third-order valence-corrected chi connectivity index (χ3v) is 7.61. The van der Waals surface area contributed by atoms with Gasteiger partial charge in [-0.25, -0.2) is 9.37 Å². The van der Waals surface area contributed by atoms with E-state index in [0.29, 0.717) is 32.8 Å². The lowest BCUT2D eigenvalue weighted by molar-refractivity contribution is -0.122. The molecule has 0 radical (unpaired) electrons. The summed E-state index contributed by atoms with van der Waals surface area (Å²) in [6.07, 6.45) is 10.3. The molecule has 9 heteroatoms. The van der Waals surface area contributed by atoms with E-state index in [1.165, 1.54) is 47.1 Å². The van der Waals surface area contributed by atoms with E-state index in [0.717, 1.165) is 35.7 Å². The van der Waals surface area contributed by atoms with Crippen molar-refractivity contribution in [3.63, 3.8) is 0 Å². The number of hydrogen-bond acceptors (Lipinski definition) is 6. The van der Waals surface area contributed by atoms with Gasteiger partial charge in [-0.05, 0) is 48.7 Å². The smallest absolute Gasteiger partial charge is 0.267 e. The molecule has 0 saturated carbocycles. The number of nitrogens with one attached hydrogen (secondary N) is 1. The predicted octanol–water partition coefficient (Wildman–Crippen LogP) is 6.32. The Morgan fingerprint density at radius 1 is 1.05 bits per heavy atom. The standard InChI is InChI=1S/C28H31FN4O2S2/c1-3-4-5-6-7-8-15-30-25-22(26(34)32-17-19(2)9-14-24(32)31-25)16-23-27(35)33(28(36)37-23)18-20-10-12-21(29)13-11-20/h9-14,16-17,30H,3-8,15,18H2,1-2H3. The zero-order valence-electron chi connectivity index (χ0n) is 21.1. The molecule has 1 aliphatic heterocycles. The van der Waals surface area contributed by atoms with Crippen LogP contribution in [0.4, 0.5) is 10.2 Å². The fourth-order valence-corrected chi connectivity index (χ4v) is 5.41. The first-order valence-corrected chi connectivity index (χ1v) is 13.9. The number of halogens is 1. The Kier molecular flexibility index (Phi) is 9.10. The van der Waals surface area contributed by atoms with Crippen LogP contribution in [0.3, 0.4) is 0 Å². The van der Waals surface area contributed by atoms with Crippen LogP contribution in [0.1, 0.15) is 62.1 Å². The SMILES string of the molecule is CCCCCCCCNc1nc2ccc(C)cn2c(=O)c1C=C1SC(=S)N(Cc2ccc(F)cc2)C1=O. The van der Waals surface area contributed by atoms with Crippen molar-refractivity contribution in [1.82, 2.24) is 14.3 Å². The van der Waals surface area contributed by atoms with Crippen molar-refractivity contribution in [1.29, 1.82) is 0 Å². The highest BCUT2D eigenvalue weighted by Gasteiger charge is 2.32. The Balaban J connectivity index is 1.60. The van der Waals surface area contributed by atoms with E-state index in [4.69, 9.17) is 17.2 Å². The van der Waals surface area contributed by atoms with Crippen molar-refractivity contribution in [2.45, 2.75) is 58.9 Å².